The third-order valence-corrected chi connectivity index (χ3v) is 7.25. The number of aromatic nitrogens is 1. The van der Waals surface area contributed by atoms with Crippen molar-refractivity contribution in [2.24, 2.45) is 4.99 Å². The highest BCUT2D eigenvalue weighted by molar-refractivity contribution is 8.18. The molecule has 0 aliphatic carbocycles. The number of amides is 2. The lowest BCUT2D eigenvalue weighted by Gasteiger charge is -2.32. The summed E-state index contributed by atoms with van der Waals surface area (Å²) in [4.78, 5) is 47.8. The number of fused-ring (bicyclic) bond motifs is 1. The quantitative estimate of drug-likeness (QED) is 0.412. The van der Waals surface area contributed by atoms with Crippen LogP contribution in [0.5, 0.6) is 0 Å². The van der Waals surface area contributed by atoms with Gasteiger partial charge in [-0.25, -0.2) is 9.79 Å². The summed E-state index contributed by atoms with van der Waals surface area (Å²) in [6.45, 7) is 3.07. The Hall–Kier alpha value is -3.94. The minimum atomic E-state index is -5.08. The van der Waals surface area contributed by atoms with Crippen LogP contribution >= 0.6 is 23.4 Å². The summed E-state index contributed by atoms with van der Waals surface area (Å²) >= 11 is 7.60. The topological polar surface area (TPSA) is 115 Å². The number of likely N-dealkylation sites (N-methyl/N-ethyl adjacent to an activating group) is 1. The number of benzene rings is 2. The van der Waals surface area contributed by atoms with Gasteiger partial charge < -0.3 is 20.2 Å². The van der Waals surface area contributed by atoms with Gasteiger partial charge in [0.05, 0.1) is 21.1 Å². The molecule has 214 valence electrons. The molecule has 14 heteroatoms. The monoisotopic (exact) mass is 605 g/mol. The molecule has 2 aliphatic heterocycles. The number of carbonyl (C=O) groups excluding carboxylic acids is 2. The van der Waals surface area contributed by atoms with Crippen LogP contribution < -0.4 is 5.32 Å². The molecule has 2 aromatic carbocycles. The largest absolute Gasteiger partial charge is 0.490 e. The Morgan fingerprint density at radius 3 is 2.51 bits per heavy atom. The maximum Gasteiger partial charge on any atom is 0.490 e. The molecule has 0 unspecified atom stereocenters. The molecule has 5 rings (SSSR count). The van der Waals surface area contributed by atoms with Crippen molar-refractivity contribution in [3.05, 3.63) is 75.8 Å². The number of halogens is 4. The molecule has 9 nitrogen and oxygen atoms in total. The molecule has 0 spiro atoms. The molecular formula is C27H23ClF3N5O4S. The van der Waals surface area contributed by atoms with E-state index >= 15 is 0 Å². The first-order valence-electron chi connectivity index (χ1n) is 12.1. The number of thioether (sulfide) groups is 1. The Kier molecular flexibility index (Phi) is 9.31. The summed E-state index contributed by atoms with van der Waals surface area (Å²) in [5.74, 6) is -3.02. The molecule has 3 aromatic rings. The summed E-state index contributed by atoms with van der Waals surface area (Å²) in [5.41, 5.74) is 2.78. The van der Waals surface area contributed by atoms with E-state index in [1.165, 1.54) is 11.8 Å². The number of nitrogens with zero attached hydrogens (tertiary/aromatic N) is 4. The molecule has 2 amide bonds. The van der Waals surface area contributed by atoms with Crippen LogP contribution in [0.4, 0.5) is 18.9 Å². The van der Waals surface area contributed by atoms with Gasteiger partial charge in [0.15, 0.2) is 5.17 Å². The van der Waals surface area contributed by atoms with E-state index in [1.807, 2.05) is 48.4 Å². The van der Waals surface area contributed by atoms with Crippen LogP contribution in [0.1, 0.15) is 15.9 Å². The maximum absolute atomic E-state index is 12.9. The maximum atomic E-state index is 12.9. The summed E-state index contributed by atoms with van der Waals surface area (Å²) in [6, 6.07) is 14.8. The number of hydrogen-bond donors (Lipinski definition) is 2. The number of rotatable bonds is 3. The van der Waals surface area contributed by atoms with Crippen molar-refractivity contribution in [3.63, 3.8) is 0 Å². The van der Waals surface area contributed by atoms with Crippen molar-refractivity contribution in [1.82, 2.24) is 20.1 Å². The van der Waals surface area contributed by atoms with Gasteiger partial charge in [0.1, 0.15) is 0 Å². The molecule has 2 fully saturated rings. The molecule has 2 aliphatic rings. The van der Waals surface area contributed by atoms with E-state index in [9.17, 15) is 22.8 Å². The van der Waals surface area contributed by atoms with E-state index in [4.69, 9.17) is 21.5 Å². The van der Waals surface area contributed by atoms with Crippen LogP contribution in [0, 0.1) is 0 Å². The van der Waals surface area contributed by atoms with Gasteiger partial charge in [0.25, 0.3) is 11.8 Å². The molecule has 0 bridgehead atoms. The summed E-state index contributed by atoms with van der Waals surface area (Å²) < 4.78 is 31.7. The zero-order chi connectivity index (χ0) is 29.7. The number of piperazine rings is 1. The fraction of sp³-hybridized carbons (Fsp3) is 0.222. The SMILES string of the molecule is CN1CCN(C(=O)c2ccc(Cl)c(N=C3NC(=O)/C(=C/c4ccc5ncccc5c4)S3)c2)CC1.O=C(O)C(F)(F)F. The van der Waals surface area contributed by atoms with Gasteiger partial charge in [-0.05, 0) is 66.8 Å². The lowest BCUT2D eigenvalue weighted by Crippen LogP contribution is -2.47. The summed E-state index contributed by atoms with van der Waals surface area (Å²) in [6.07, 6.45) is -1.51. The van der Waals surface area contributed by atoms with Gasteiger partial charge >= 0.3 is 12.1 Å². The van der Waals surface area contributed by atoms with Crippen LogP contribution in [-0.2, 0) is 9.59 Å². The van der Waals surface area contributed by atoms with Crippen LogP contribution in [0.3, 0.4) is 0 Å². The van der Waals surface area contributed by atoms with Crippen LogP contribution in [0.15, 0.2) is 64.6 Å². The van der Waals surface area contributed by atoms with Crippen molar-refractivity contribution >= 4 is 69.0 Å². The number of carbonyl (C=O) groups is 3. The van der Waals surface area contributed by atoms with Crippen molar-refractivity contribution in [2.75, 3.05) is 33.2 Å². The van der Waals surface area contributed by atoms with E-state index in [0.29, 0.717) is 39.4 Å². The second-order valence-electron chi connectivity index (χ2n) is 9.00. The number of aliphatic imine (C=N–C) groups is 1. The van der Waals surface area contributed by atoms with Gasteiger partial charge in [-0.3, -0.25) is 14.6 Å². The van der Waals surface area contributed by atoms with E-state index in [0.717, 1.165) is 29.6 Å². The number of pyridine rings is 1. The Morgan fingerprint density at radius 1 is 1.12 bits per heavy atom. The number of amidine groups is 1. The van der Waals surface area contributed by atoms with Gasteiger partial charge in [-0.2, -0.15) is 13.2 Å². The Morgan fingerprint density at radius 2 is 1.83 bits per heavy atom. The second-order valence-corrected chi connectivity index (χ2v) is 10.4. The molecule has 0 radical (unpaired) electrons. The van der Waals surface area contributed by atoms with Gasteiger partial charge in [0, 0.05) is 43.3 Å². The lowest BCUT2D eigenvalue weighted by atomic mass is 10.1. The van der Waals surface area contributed by atoms with Gasteiger partial charge in [-0.1, -0.05) is 23.7 Å². The highest BCUT2D eigenvalue weighted by Gasteiger charge is 2.38. The number of nitrogens with one attached hydrogen (secondary N) is 1. The predicted molar refractivity (Wildman–Crippen MR) is 151 cm³/mol. The number of alkyl halides is 3. The predicted octanol–water partition coefficient (Wildman–Crippen LogP) is 4.80. The van der Waals surface area contributed by atoms with Crippen LogP contribution in [0.25, 0.3) is 17.0 Å². The van der Waals surface area contributed by atoms with Gasteiger partial charge in [0.2, 0.25) is 0 Å². The Balaban J connectivity index is 0.000000493. The molecule has 1 aromatic heterocycles. The minimum Gasteiger partial charge on any atom is -0.475 e. The Labute approximate surface area is 241 Å². The molecule has 2 saturated heterocycles. The lowest BCUT2D eigenvalue weighted by molar-refractivity contribution is -0.192. The number of carboxylic acid groups (broad SMARTS) is 1. The smallest absolute Gasteiger partial charge is 0.475 e. The first kappa shape index (κ1) is 30.0. The average molecular weight is 606 g/mol. The van der Waals surface area contributed by atoms with Crippen LogP contribution in [-0.4, -0.2) is 82.2 Å². The normalized spacial score (nSPS) is 17.9. The fourth-order valence-corrected chi connectivity index (χ4v) is 4.84. The number of aliphatic carboxylic acids is 1. The zero-order valence-corrected chi connectivity index (χ0v) is 23.1. The second kappa shape index (κ2) is 12.7. The molecule has 41 heavy (non-hydrogen) atoms. The van der Waals surface area contributed by atoms with Gasteiger partial charge in [-0.15, -0.1) is 0 Å². The standard InChI is InChI=1S/C25H22ClN5O2S.C2HF3O2/c1-30-9-11-31(12-10-30)24(33)18-5-6-19(26)21(15-18)28-25-29-23(32)22(34-25)14-16-4-7-20-17(13-16)3-2-8-27-20;3-2(4,5)1(6)7/h2-8,13-15H,9-12H2,1H3,(H,28,29,32);(H,6,7)/b22-14-;. The van der Waals surface area contributed by atoms with Crippen molar-refractivity contribution in [1.29, 1.82) is 0 Å². The van der Waals surface area contributed by atoms with Crippen molar-refractivity contribution < 1.29 is 32.7 Å². The summed E-state index contributed by atoms with van der Waals surface area (Å²) in [7, 11) is 2.05. The molecule has 2 N–H and O–H groups in total. The molecule has 0 atom stereocenters. The minimum absolute atomic E-state index is 0.0410. The van der Waals surface area contributed by atoms with E-state index in [1.54, 1.807) is 24.4 Å². The van der Waals surface area contributed by atoms with Crippen molar-refractivity contribution in [2.45, 2.75) is 6.18 Å². The van der Waals surface area contributed by atoms with E-state index in [2.05, 4.69) is 20.2 Å². The third kappa shape index (κ3) is 7.84. The summed E-state index contributed by atoms with van der Waals surface area (Å²) in [5, 5.41) is 11.8. The Bertz CT molecular complexity index is 1560. The first-order valence-corrected chi connectivity index (χ1v) is 13.3. The number of hydrogen-bond acceptors (Lipinski definition) is 7. The molecule has 3 heterocycles. The van der Waals surface area contributed by atoms with Crippen LogP contribution in [0.2, 0.25) is 5.02 Å². The van der Waals surface area contributed by atoms with E-state index in [-0.39, 0.29) is 11.8 Å². The number of carboxylic acids is 1. The molecular weight excluding hydrogens is 583 g/mol. The average Bonchev–Trinajstić information content (AvgIpc) is 3.27. The molecule has 0 saturated carbocycles. The highest BCUT2D eigenvalue weighted by atomic mass is 35.5. The third-order valence-electron chi connectivity index (χ3n) is 6.02. The fourth-order valence-electron chi connectivity index (χ4n) is 3.85. The van der Waals surface area contributed by atoms with E-state index < -0.39 is 12.1 Å². The van der Waals surface area contributed by atoms with Crippen molar-refractivity contribution in [3.8, 4) is 0 Å². The zero-order valence-electron chi connectivity index (χ0n) is 21.5. The first-order chi connectivity index (χ1) is 19.4. The highest BCUT2D eigenvalue weighted by Crippen LogP contribution is 2.32.